The Morgan fingerprint density at radius 2 is 2.29 bits per heavy atom. The molecular weight excluding hydrogens is 238 g/mol. The average Bonchev–Trinajstić information content (AvgIpc) is 2.77. The summed E-state index contributed by atoms with van der Waals surface area (Å²) in [5.41, 5.74) is 5.40. The van der Waals surface area contributed by atoms with E-state index in [1.54, 1.807) is 11.8 Å². The van der Waals surface area contributed by atoms with Gasteiger partial charge in [-0.2, -0.15) is 16.7 Å². The topological polar surface area (TPSA) is 74.2 Å². The van der Waals surface area contributed by atoms with E-state index < -0.39 is 5.54 Å². The molecule has 2 unspecified atom stereocenters. The maximum Gasteiger partial charge on any atom is 0.230 e. The third-order valence-corrected chi connectivity index (χ3v) is 3.23. The summed E-state index contributed by atoms with van der Waals surface area (Å²) in [5.74, 6) is 2.35. The zero-order chi connectivity index (χ0) is 12.9. The highest BCUT2D eigenvalue weighted by Crippen LogP contribution is 2.21. The molecule has 0 fully saturated rings. The van der Waals surface area contributed by atoms with Gasteiger partial charge in [0.25, 0.3) is 0 Å². The fourth-order valence-electron chi connectivity index (χ4n) is 1.37. The lowest BCUT2D eigenvalue weighted by Crippen LogP contribution is -2.39. The Bertz CT molecular complexity index is 341. The number of thioether (sulfide) groups is 1. The van der Waals surface area contributed by atoms with Crippen LogP contribution in [-0.4, -0.2) is 35.4 Å². The van der Waals surface area contributed by atoms with Crippen LogP contribution in [0.2, 0.25) is 0 Å². The van der Waals surface area contributed by atoms with Crippen LogP contribution in [0.1, 0.15) is 38.4 Å². The predicted molar refractivity (Wildman–Crippen MR) is 69.1 cm³/mol. The van der Waals surface area contributed by atoms with Crippen LogP contribution in [0.15, 0.2) is 4.52 Å². The first kappa shape index (κ1) is 14.5. The van der Waals surface area contributed by atoms with Crippen molar-refractivity contribution in [3.05, 3.63) is 11.7 Å². The third-order valence-electron chi connectivity index (χ3n) is 2.40. The van der Waals surface area contributed by atoms with E-state index in [2.05, 4.69) is 23.3 Å². The second-order valence-corrected chi connectivity index (χ2v) is 5.28. The molecule has 0 saturated heterocycles. The summed E-state index contributed by atoms with van der Waals surface area (Å²) < 4.78 is 10.6. The number of ether oxygens (including phenoxy) is 1. The molecule has 1 aromatic rings. The molecule has 1 heterocycles. The fourth-order valence-corrected chi connectivity index (χ4v) is 2.01. The SMILES string of the molecule is CCOCC(C)(N)c1noc(C(C)CSC)n1. The highest BCUT2D eigenvalue weighted by atomic mass is 32.2. The molecule has 1 aromatic heterocycles. The smallest absolute Gasteiger partial charge is 0.230 e. The largest absolute Gasteiger partial charge is 0.379 e. The van der Waals surface area contributed by atoms with Gasteiger partial charge in [-0.1, -0.05) is 12.1 Å². The first-order valence-corrected chi connectivity index (χ1v) is 7.10. The monoisotopic (exact) mass is 259 g/mol. The molecule has 5 nitrogen and oxygen atoms in total. The van der Waals surface area contributed by atoms with Crippen molar-refractivity contribution in [2.45, 2.75) is 32.2 Å². The summed E-state index contributed by atoms with van der Waals surface area (Å²) in [4.78, 5) is 4.36. The number of nitrogens with two attached hydrogens (primary N) is 1. The van der Waals surface area contributed by atoms with Crippen LogP contribution in [0.5, 0.6) is 0 Å². The molecule has 0 aliphatic heterocycles. The second-order valence-electron chi connectivity index (χ2n) is 4.37. The molecule has 0 amide bonds. The molecule has 0 bridgehead atoms. The van der Waals surface area contributed by atoms with Crippen molar-refractivity contribution in [2.24, 2.45) is 5.73 Å². The van der Waals surface area contributed by atoms with Crippen LogP contribution in [0.25, 0.3) is 0 Å². The standard InChI is InChI=1S/C11H21N3O2S/c1-5-15-7-11(3,12)10-13-9(16-14-10)8(2)6-17-4/h8H,5-7,12H2,1-4H3. The molecule has 0 aliphatic carbocycles. The maximum absolute atomic E-state index is 6.10. The maximum atomic E-state index is 6.10. The molecule has 0 spiro atoms. The number of nitrogens with zero attached hydrogens (tertiary/aromatic N) is 2. The molecule has 0 saturated carbocycles. The van der Waals surface area contributed by atoms with Gasteiger partial charge in [0.1, 0.15) is 5.54 Å². The Balaban J connectivity index is 2.72. The number of aromatic nitrogens is 2. The molecule has 17 heavy (non-hydrogen) atoms. The lowest BCUT2D eigenvalue weighted by molar-refractivity contribution is 0.0962. The first-order chi connectivity index (χ1) is 8.01. The van der Waals surface area contributed by atoms with Crippen molar-refractivity contribution in [2.75, 3.05) is 25.2 Å². The summed E-state index contributed by atoms with van der Waals surface area (Å²) in [6, 6.07) is 0. The van der Waals surface area contributed by atoms with Gasteiger partial charge in [-0.15, -0.1) is 0 Å². The van der Waals surface area contributed by atoms with Gasteiger partial charge >= 0.3 is 0 Å². The Hall–Kier alpha value is -0.590. The Labute approximate surface area is 106 Å². The molecular formula is C11H21N3O2S. The van der Waals surface area contributed by atoms with E-state index in [0.29, 0.717) is 24.9 Å². The van der Waals surface area contributed by atoms with Crippen molar-refractivity contribution in [1.29, 1.82) is 0 Å². The predicted octanol–water partition coefficient (Wildman–Crippen LogP) is 1.75. The van der Waals surface area contributed by atoms with E-state index in [1.165, 1.54) is 0 Å². The third kappa shape index (κ3) is 3.97. The van der Waals surface area contributed by atoms with Gasteiger partial charge in [0.15, 0.2) is 5.82 Å². The molecule has 0 aliphatic rings. The van der Waals surface area contributed by atoms with E-state index in [0.717, 1.165) is 5.75 Å². The average molecular weight is 259 g/mol. The van der Waals surface area contributed by atoms with Gasteiger partial charge in [0, 0.05) is 18.3 Å². The molecule has 1 rings (SSSR count). The van der Waals surface area contributed by atoms with Crippen molar-refractivity contribution in [3.8, 4) is 0 Å². The summed E-state index contributed by atoms with van der Waals surface area (Å²) in [7, 11) is 0. The van der Waals surface area contributed by atoms with Gasteiger partial charge in [0.05, 0.1) is 6.61 Å². The number of rotatable bonds is 7. The number of hydrogen-bond donors (Lipinski definition) is 1. The van der Waals surface area contributed by atoms with E-state index >= 15 is 0 Å². The van der Waals surface area contributed by atoms with Crippen LogP contribution >= 0.6 is 11.8 Å². The summed E-state index contributed by atoms with van der Waals surface area (Å²) >= 11 is 1.75. The van der Waals surface area contributed by atoms with Gasteiger partial charge in [-0.3, -0.25) is 0 Å². The van der Waals surface area contributed by atoms with Gasteiger partial charge in [-0.05, 0) is 20.1 Å². The molecule has 2 N–H and O–H groups in total. The summed E-state index contributed by atoms with van der Waals surface area (Å²) in [6.45, 7) is 6.85. The zero-order valence-corrected chi connectivity index (χ0v) is 11.7. The lowest BCUT2D eigenvalue weighted by atomic mass is 10.1. The lowest BCUT2D eigenvalue weighted by Gasteiger charge is -2.19. The quantitative estimate of drug-likeness (QED) is 0.804. The first-order valence-electron chi connectivity index (χ1n) is 5.71. The van der Waals surface area contributed by atoms with E-state index in [4.69, 9.17) is 15.0 Å². The Kier molecular flexibility index (Phi) is 5.42. The minimum absolute atomic E-state index is 0.245. The van der Waals surface area contributed by atoms with Crippen LogP contribution in [0.4, 0.5) is 0 Å². The van der Waals surface area contributed by atoms with Gasteiger partial charge < -0.3 is 15.0 Å². The van der Waals surface area contributed by atoms with Crippen molar-refractivity contribution < 1.29 is 9.26 Å². The van der Waals surface area contributed by atoms with Gasteiger partial charge in [-0.25, -0.2) is 0 Å². The van der Waals surface area contributed by atoms with Crippen LogP contribution in [-0.2, 0) is 10.3 Å². The summed E-state index contributed by atoms with van der Waals surface area (Å²) in [5, 5.41) is 3.94. The van der Waals surface area contributed by atoms with E-state index in [-0.39, 0.29) is 5.92 Å². The normalized spacial score (nSPS) is 16.8. The Morgan fingerprint density at radius 1 is 1.59 bits per heavy atom. The van der Waals surface area contributed by atoms with Crippen LogP contribution < -0.4 is 5.73 Å². The second kappa shape index (κ2) is 6.37. The minimum atomic E-state index is -0.698. The summed E-state index contributed by atoms with van der Waals surface area (Å²) in [6.07, 6.45) is 2.05. The van der Waals surface area contributed by atoms with Crippen molar-refractivity contribution in [3.63, 3.8) is 0 Å². The van der Waals surface area contributed by atoms with E-state index in [9.17, 15) is 0 Å². The number of hydrogen-bond acceptors (Lipinski definition) is 6. The van der Waals surface area contributed by atoms with Crippen molar-refractivity contribution in [1.82, 2.24) is 10.1 Å². The zero-order valence-electron chi connectivity index (χ0n) is 10.9. The van der Waals surface area contributed by atoms with Crippen molar-refractivity contribution >= 4 is 11.8 Å². The molecule has 0 aromatic carbocycles. The van der Waals surface area contributed by atoms with Crippen LogP contribution in [0.3, 0.4) is 0 Å². The molecule has 0 radical (unpaired) electrons. The van der Waals surface area contributed by atoms with Gasteiger partial charge in [0.2, 0.25) is 5.89 Å². The van der Waals surface area contributed by atoms with E-state index in [1.807, 2.05) is 13.8 Å². The molecule has 98 valence electrons. The Morgan fingerprint density at radius 3 is 2.88 bits per heavy atom. The molecule has 2 atom stereocenters. The molecule has 6 heteroatoms. The fraction of sp³-hybridized carbons (Fsp3) is 0.818. The van der Waals surface area contributed by atoms with Crippen LogP contribution in [0, 0.1) is 0 Å². The highest BCUT2D eigenvalue weighted by molar-refractivity contribution is 7.98. The minimum Gasteiger partial charge on any atom is -0.379 e. The highest BCUT2D eigenvalue weighted by Gasteiger charge is 2.28.